The average Bonchev–Trinajstić information content (AvgIpc) is 2.64. The van der Waals surface area contributed by atoms with Crippen LogP contribution in [0.2, 0.25) is 0 Å². The van der Waals surface area contributed by atoms with Crippen LogP contribution in [0.4, 0.5) is 0 Å². The Morgan fingerprint density at radius 1 is 1.21 bits per heavy atom. The summed E-state index contributed by atoms with van der Waals surface area (Å²) >= 11 is 1.24. The maximum Gasteiger partial charge on any atom is 0.255 e. The third kappa shape index (κ3) is 6.88. The Balaban J connectivity index is 1.89. The molecular formula is C18H21N5O4S. The van der Waals surface area contributed by atoms with E-state index in [1.165, 1.54) is 25.1 Å². The number of hydrogen-bond donors (Lipinski definition) is 2. The summed E-state index contributed by atoms with van der Waals surface area (Å²) in [5.41, 5.74) is 9.88. The highest BCUT2D eigenvalue weighted by atomic mass is 32.2. The fourth-order valence-electron chi connectivity index (χ4n) is 2.13. The maximum absolute atomic E-state index is 11.9. The van der Waals surface area contributed by atoms with Gasteiger partial charge in [-0.2, -0.15) is 5.10 Å². The minimum Gasteiger partial charge on any atom is -0.493 e. The van der Waals surface area contributed by atoms with Gasteiger partial charge in [-0.05, 0) is 43.7 Å². The Bertz CT molecular complexity index is 868. The Kier molecular flexibility index (Phi) is 7.76. The van der Waals surface area contributed by atoms with Gasteiger partial charge in [-0.1, -0.05) is 11.8 Å². The largest absolute Gasteiger partial charge is 0.493 e. The predicted molar refractivity (Wildman–Crippen MR) is 106 cm³/mol. The lowest BCUT2D eigenvalue weighted by Crippen LogP contribution is -2.20. The molecule has 0 aliphatic rings. The smallest absolute Gasteiger partial charge is 0.255 e. The van der Waals surface area contributed by atoms with Crippen LogP contribution in [0.1, 0.15) is 17.0 Å². The van der Waals surface area contributed by atoms with E-state index in [1.807, 2.05) is 19.9 Å². The maximum atomic E-state index is 11.9. The van der Waals surface area contributed by atoms with Gasteiger partial charge < -0.3 is 15.2 Å². The van der Waals surface area contributed by atoms with E-state index < -0.39 is 5.91 Å². The average molecular weight is 403 g/mol. The lowest BCUT2D eigenvalue weighted by Gasteiger charge is -2.09. The van der Waals surface area contributed by atoms with Crippen LogP contribution in [0.15, 0.2) is 34.5 Å². The quantitative estimate of drug-likeness (QED) is 0.279. The summed E-state index contributed by atoms with van der Waals surface area (Å²) in [6, 6.07) is 6.85. The zero-order valence-electron chi connectivity index (χ0n) is 15.8. The van der Waals surface area contributed by atoms with E-state index in [1.54, 1.807) is 18.2 Å². The molecule has 1 aromatic carbocycles. The number of aryl methyl sites for hydroxylation is 2. The molecule has 2 rings (SSSR count). The fraction of sp³-hybridized carbons (Fsp3) is 0.278. The summed E-state index contributed by atoms with van der Waals surface area (Å²) in [7, 11) is 1.47. The van der Waals surface area contributed by atoms with Gasteiger partial charge in [-0.25, -0.2) is 15.4 Å². The number of aromatic nitrogens is 2. The molecule has 0 atom stereocenters. The van der Waals surface area contributed by atoms with Gasteiger partial charge in [0.05, 0.1) is 19.1 Å². The van der Waals surface area contributed by atoms with Crippen molar-refractivity contribution in [1.29, 1.82) is 0 Å². The van der Waals surface area contributed by atoms with Gasteiger partial charge in [0.25, 0.3) is 11.8 Å². The fourth-order valence-corrected chi connectivity index (χ4v) is 2.87. The molecule has 0 saturated heterocycles. The third-order valence-electron chi connectivity index (χ3n) is 3.25. The van der Waals surface area contributed by atoms with Crippen molar-refractivity contribution in [2.75, 3.05) is 19.5 Å². The van der Waals surface area contributed by atoms with Crippen LogP contribution in [0.5, 0.6) is 11.5 Å². The normalized spacial score (nSPS) is 10.7. The first-order valence-electron chi connectivity index (χ1n) is 8.23. The van der Waals surface area contributed by atoms with E-state index in [0.717, 1.165) is 11.4 Å². The van der Waals surface area contributed by atoms with E-state index in [-0.39, 0.29) is 18.3 Å². The number of nitrogens with two attached hydrogens (primary N) is 1. The van der Waals surface area contributed by atoms with Gasteiger partial charge >= 0.3 is 0 Å². The molecule has 1 heterocycles. The molecule has 0 unspecified atom stereocenters. The summed E-state index contributed by atoms with van der Waals surface area (Å²) in [6.07, 6.45) is 1.47. The SMILES string of the molecule is COc1cc(/C=N\NC(=O)CSc2nc(C)cc(C)n2)ccc1OCC(N)=O. The van der Waals surface area contributed by atoms with Crippen molar-refractivity contribution in [3.8, 4) is 11.5 Å². The van der Waals surface area contributed by atoms with E-state index in [9.17, 15) is 9.59 Å². The first kappa shape index (κ1) is 21.2. The number of hydrazone groups is 1. The monoisotopic (exact) mass is 403 g/mol. The van der Waals surface area contributed by atoms with Crippen molar-refractivity contribution in [1.82, 2.24) is 15.4 Å². The highest BCUT2D eigenvalue weighted by molar-refractivity contribution is 7.99. The number of ether oxygens (including phenoxy) is 2. The molecule has 0 aliphatic carbocycles. The van der Waals surface area contributed by atoms with Crippen molar-refractivity contribution in [3.05, 3.63) is 41.2 Å². The number of nitrogens with one attached hydrogen (secondary N) is 1. The van der Waals surface area contributed by atoms with Gasteiger partial charge in [0.2, 0.25) is 0 Å². The number of methoxy groups -OCH3 is 1. The Morgan fingerprint density at radius 2 is 1.93 bits per heavy atom. The van der Waals surface area contributed by atoms with Crippen molar-refractivity contribution in [2.24, 2.45) is 10.8 Å². The molecule has 2 aromatic rings. The molecule has 0 saturated carbocycles. The number of rotatable bonds is 9. The number of amides is 2. The number of primary amides is 1. The molecule has 2 amide bonds. The summed E-state index contributed by atoms with van der Waals surface area (Å²) < 4.78 is 10.5. The van der Waals surface area contributed by atoms with E-state index in [0.29, 0.717) is 22.2 Å². The van der Waals surface area contributed by atoms with E-state index >= 15 is 0 Å². The van der Waals surface area contributed by atoms with Gasteiger partial charge in [0.1, 0.15) is 0 Å². The molecule has 0 fully saturated rings. The predicted octanol–water partition coefficient (Wildman–Crippen LogP) is 1.21. The van der Waals surface area contributed by atoms with Crippen molar-refractivity contribution < 1.29 is 19.1 Å². The molecule has 1 aromatic heterocycles. The standard InChI is InChI=1S/C18H21N5O4S/c1-11-6-12(2)22-18(21-11)28-10-17(25)23-20-8-13-4-5-14(15(7-13)26-3)27-9-16(19)24/h4-8H,9-10H2,1-3H3,(H2,19,24)(H,23,25)/b20-8-. The number of benzene rings is 1. The zero-order chi connectivity index (χ0) is 20.5. The second-order valence-corrected chi connectivity index (χ2v) is 6.62. The topological polar surface area (TPSA) is 129 Å². The summed E-state index contributed by atoms with van der Waals surface area (Å²) in [5, 5.41) is 4.47. The number of nitrogens with zero attached hydrogens (tertiary/aromatic N) is 3. The van der Waals surface area contributed by atoms with Crippen LogP contribution < -0.4 is 20.6 Å². The summed E-state index contributed by atoms with van der Waals surface area (Å²) in [4.78, 5) is 31.3. The third-order valence-corrected chi connectivity index (χ3v) is 4.10. The van der Waals surface area contributed by atoms with E-state index in [4.69, 9.17) is 15.2 Å². The molecular weight excluding hydrogens is 382 g/mol. The highest BCUT2D eigenvalue weighted by Crippen LogP contribution is 2.27. The number of carbonyl (C=O) groups is 2. The minimum atomic E-state index is -0.584. The summed E-state index contributed by atoms with van der Waals surface area (Å²) in [6.45, 7) is 3.50. The van der Waals surface area contributed by atoms with Gasteiger partial charge in [0.15, 0.2) is 23.3 Å². The minimum absolute atomic E-state index is 0.142. The first-order valence-corrected chi connectivity index (χ1v) is 9.22. The van der Waals surface area contributed by atoms with Crippen LogP contribution in [0, 0.1) is 13.8 Å². The van der Waals surface area contributed by atoms with Crippen LogP contribution in [0.3, 0.4) is 0 Å². The Morgan fingerprint density at radius 3 is 2.57 bits per heavy atom. The number of hydrogen-bond acceptors (Lipinski definition) is 8. The number of thioether (sulfide) groups is 1. The molecule has 3 N–H and O–H groups in total. The molecule has 0 aliphatic heterocycles. The van der Waals surface area contributed by atoms with Crippen LogP contribution in [-0.2, 0) is 9.59 Å². The highest BCUT2D eigenvalue weighted by Gasteiger charge is 2.07. The lowest BCUT2D eigenvalue weighted by molar-refractivity contribution is -0.120. The first-order chi connectivity index (χ1) is 13.4. The van der Waals surface area contributed by atoms with Gasteiger partial charge in [-0.15, -0.1) is 0 Å². The molecule has 28 heavy (non-hydrogen) atoms. The molecule has 10 heteroatoms. The lowest BCUT2D eigenvalue weighted by atomic mass is 10.2. The molecule has 9 nitrogen and oxygen atoms in total. The Hall–Kier alpha value is -3.14. The second-order valence-electron chi connectivity index (χ2n) is 5.68. The van der Waals surface area contributed by atoms with Gasteiger partial charge in [-0.3, -0.25) is 9.59 Å². The molecule has 0 spiro atoms. The Labute approximate surface area is 166 Å². The number of carbonyl (C=O) groups excluding carboxylic acids is 2. The second kappa shape index (κ2) is 10.3. The van der Waals surface area contributed by atoms with Crippen molar-refractivity contribution in [2.45, 2.75) is 19.0 Å². The van der Waals surface area contributed by atoms with Crippen LogP contribution >= 0.6 is 11.8 Å². The molecule has 0 bridgehead atoms. The zero-order valence-corrected chi connectivity index (χ0v) is 16.6. The van der Waals surface area contributed by atoms with Gasteiger partial charge in [0, 0.05) is 11.4 Å². The molecule has 0 radical (unpaired) electrons. The summed E-state index contributed by atoms with van der Waals surface area (Å²) in [5.74, 6) is 0.0759. The van der Waals surface area contributed by atoms with E-state index in [2.05, 4.69) is 20.5 Å². The molecule has 148 valence electrons. The van der Waals surface area contributed by atoms with Crippen molar-refractivity contribution >= 4 is 29.8 Å². The van der Waals surface area contributed by atoms with Crippen LogP contribution in [-0.4, -0.2) is 47.5 Å². The van der Waals surface area contributed by atoms with Crippen molar-refractivity contribution in [3.63, 3.8) is 0 Å². The van der Waals surface area contributed by atoms with Crippen LogP contribution in [0.25, 0.3) is 0 Å².